The maximum absolute atomic E-state index is 13.5. The largest absolute Gasteiger partial charge is 0.326 e. The number of para-hydroxylation sites is 1. The summed E-state index contributed by atoms with van der Waals surface area (Å²) in [5, 5.41) is 8.61. The van der Waals surface area contributed by atoms with Crippen LogP contribution in [0, 0.1) is 5.82 Å². The van der Waals surface area contributed by atoms with E-state index >= 15 is 0 Å². The number of hydrogen-bond donors (Lipinski definition) is 3. The molecule has 156 valence electrons. The molecule has 1 unspecified atom stereocenters. The van der Waals surface area contributed by atoms with E-state index in [0.29, 0.717) is 22.0 Å². The third kappa shape index (κ3) is 4.57. The van der Waals surface area contributed by atoms with Gasteiger partial charge in [-0.25, -0.2) is 4.39 Å². The molecule has 0 aromatic heterocycles. The summed E-state index contributed by atoms with van der Waals surface area (Å²) in [6.07, 6.45) is -0.0798. The quantitative estimate of drug-likeness (QED) is 0.548. The maximum Gasteiger partial charge on any atom is 0.257 e. The van der Waals surface area contributed by atoms with Gasteiger partial charge < -0.3 is 16.0 Å². The average Bonchev–Trinajstić information content (AvgIpc) is 2.74. The Balaban J connectivity index is 1.56. The first kappa shape index (κ1) is 20.6. The molecule has 0 spiro atoms. The van der Waals surface area contributed by atoms with Gasteiger partial charge in [0.1, 0.15) is 5.82 Å². The molecule has 0 fully saturated rings. The fourth-order valence-corrected chi connectivity index (χ4v) is 3.54. The van der Waals surface area contributed by atoms with E-state index in [1.54, 1.807) is 48.5 Å². The van der Waals surface area contributed by atoms with Crippen LogP contribution in [-0.4, -0.2) is 17.7 Å². The number of benzene rings is 3. The summed E-state index contributed by atoms with van der Waals surface area (Å²) >= 11 is 5.87. The van der Waals surface area contributed by atoms with Gasteiger partial charge in [-0.3, -0.25) is 14.4 Å². The van der Waals surface area contributed by atoms with Crippen LogP contribution in [-0.2, 0) is 9.59 Å². The average molecular weight is 438 g/mol. The molecule has 1 aliphatic heterocycles. The number of hydrogen-bond acceptors (Lipinski definition) is 3. The number of anilines is 3. The molecular formula is C23H17ClFN3O3. The molecule has 31 heavy (non-hydrogen) atoms. The molecule has 0 saturated heterocycles. The van der Waals surface area contributed by atoms with Crippen LogP contribution in [0.2, 0.25) is 5.02 Å². The van der Waals surface area contributed by atoms with E-state index in [-0.39, 0.29) is 23.6 Å². The molecule has 3 N–H and O–H groups in total. The molecular weight excluding hydrogens is 421 g/mol. The van der Waals surface area contributed by atoms with Crippen molar-refractivity contribution in [3.63, 3.8) is 0 Å². The van der Waals surface area contributed by atoms with Crippen molar-refractivity contribution in [1.29, 1.82) is 0 Å². The van der Waals surface area contributed by atoms with Gasteiger partial charge in [-0.2, -0.15) is 0 Å². The predicted octanol–water partition coefficient (Wildman–Crippen LogP) is 4.80. The van der Waals surface area contributed by atoms with Crippen LogP contribution in [0.4, 0.5) is 21.5 Å². The Kier molecular flexibility index (Phi) is 5.68. The number of fused-ring (bicyclic) bond motifs is 1. The molecule has 0 saturated carbocycles. The van der Waals surface area contributed by atoms with Gasteiger partial charge in [-0.15, -0.1) is 0 Å². The van der Waals surface area contributed by atoms with Gasteiger partial charge in [-0.05, 0) is 54.1 Å². The summed E-state index contributed by atoms with van der Waals surface area (Å²) in [7, 11) is 0. The summed E-state index contributed by atoms with van der Waals surface area (Å²) in [5.41, 5.74) is 1.89. The molecule has 8 heteroatoms. The zero-order valence-electron chi connectivity index (χ0n) is 16.1. The van der Waals surface area contributed by atoms with E-state index in [1.807, 2.05) is 0 Å². The Labute approximate surface area is 182 Å². The molecule has 1 aliphatic rings. The van der Waals surface area contributed by atoms with Crippen molar-refractivity contribution in [3.05, 3.63) is 88.7 Å². The zero-order valence-corrected chi connectivity index (χ0v) is 16.9. The molecule has 0 aliphatic carbocycles. The van der Waals surface area contributed by atoms with Crippen LogP contribution >= 0.6 is 11.6 Å². The van der Waals surface area contributed by atoms with E-state index in [0.717, 1.165) is 0 Å². The van der Waals surface area contributed by atoms with Gasteiger partial charge in [0.25, 0.3) is 5.91 Å². The Hall–Kier alpha value is -3.71. The van der Waals surface area contributed by atoms with Crippen LogP contribution in [0.25, 0.3) is 0 Å². The second kappa shape index (κ2) is 8.57. The first-order valence-corrected chi connectivity index (χ1v) is 9.84. The van der Waals surface area contributed by atoms with Gasteiger partial charge in [0.15, 0.2) is 0 Å². The molecule has 3 amide bonds. The SMILES string of the molecule is O=C1CC(C(=O)Nc2ccccc2C(=O)Nc2ccc(Cl)cc2)c2ccc(F)cc2N1. The van der Waals surface area contributed by atoms with Crippen molar-refractivity contribution in [2.75, 3.05) is 16.0 Å². The first-order valence-electron chi connectivity index (χ1n) is 9.47. The third-order valence-corrected chi connectivity index (χ3v) is 5.15. The minimum absolute atomic E-state index is 0.0798. The fraction of sp³-hybridized carbons (Fsp3) is 0.0870. The van der Waals surface area contributed by atoms with Crippen LogP contribution < -0.4 is 16.0 Å². The van der Waals surface area contributed by atoms with E-state index in [9.17, 15) is 18.8 Å². The number of rotatable bonds is 4. The fourth-order valence-electron chi connectivity index (χ4n) is 3.41. The van der Waals surface area contributed by atoms with Crippen molar-refractivity contribution in [1.82, 2.24) is 0 Å². The molecule has 3 aromatic carbocycles. The predicted molar refractivity (Wildman–Crippen MR) is 117 cm³/mol. The Morgan fingerprint density at radius 1 is 1.00 bits per heavy atom. The lowest BCUT2D eigenvalue weighted by atomic mass is 9.89. The standard InChI is InChI=1S/C23H17ClFN3O3/c24-13-5-8-15(9-6-13)26-22(30)17-3-1-2-4-19(17)28-23(31)18-12-21(29)27-20-11-14(25)7-10-16(18)20/h1-11,18H,12H2,(H,26,30)(H,27,29)(H,28,31). The smallest absolute Gasteiger partial charge is 0.257 e. The van der Waals surface area contributed by atoms with Crippen molar-refractivity contribution in [2.45, 2.75) is 12.3 Å². The van der Waals surface area contributed by atoms with Crippen molar-refractivity contribution < 1.29 is 18.8 Å². The summed E-state index contributed by atoms with van der Waals surface area (Å²) in [6, 6.07) is 17.1. The lowest BCUT2D eigenvalue weighted by molar-refractivity contribution is -0.123. The minimum Gasteiger partial charge on any atom is -0.326 e. The van der Waals surface area contributed by atoms with E-state index in [1.165, 1.54) is 18.2 Å². The first-order chi connectivity index (χ1) is 14.9. The molecule has 4 rings (SSSR count). The van der Waals surface area contributed by atoms with Gasteiger partial charge in [0.05, 0.1) is 17.2 Å². The summed E-state index contributed by atoms with van der Waals surface area (Å²) in [4.78, 5) is 37.8. The lowest BCUT2D eigenvalue weighted by Crippen LogP contribution is -2.31. The third-order valence-electron chi connectivity index (χ3n) is 4.90. The summed E-state index contributed by atoms with van der Waals surface area (Å²) in [5.74, 6) is -2.58. The maximum atomic E-state index is 13.5. The van der Waals surface area contributed by atoms with Gasteiger partial charge in [-0.1, -0.05) is 29.8 Å². The lowest BCUT2D eigenvalue weighted by Gasteiger charge is -2.25. The van der Waals surface area contributed by atoms with Crippen LogP contribution in [0.15, 0.2) is 66.7 Å². The molecule has 0 radical (unpaired) electrons. The van der Waals surface area contributed by atoms with Crippen molar-refractivity contribution >= 4 is 46.4 Å². The minimum atomic E-state index is -0.809. The molecule has 6 nitrogen and oxygen atoms in total. The highest BCUT2D eigenvalue weighted by Gasteiger charge is 2.31. The molecule has 0 bridgehead atoms. The number of carbonyl (C=O) groups is 3. The monoisotopic (exact) mass is 437 g/mol. The van der Waals surface area contributed by atoms with Crippen LogP contribution in [0.3, 0.4) is 0 Å². The van der Waals surface area contributed by atoms with E-state index in [4.69, 9.17) is 11.6 Å². The van der Waals surface area contributed by atoms with E-state index < -0.39 is 23.5 Å². The highest BCUT2D eigenvalue weighted by molar-refractivity contribution is 6.30. The highest BCUT2D eigenvalue weighted by atomic mass is 35.5. The van der Waals surface area contributed by atoms with Crippen LogP contribution in [0.5, 0.6) is 0 Å². The summed E-state index contributed by atoms with van der Waals surface area (Å²) < 4.78 is 13.5. The summed E-state index contributed by atoms with van der Waals surface area (Å²) in [6.45, 7) is 0. The second-order valence-electron chi connectivity index (χ2n) is 7.03. The second-order valence-corrected chi connectivity index (χ2v) is 7.47. The topological polar surface area (TPSA) is 87.3 Å². The molecule has 1 atom stereocenters. The van der Waals surface area contributed by atoms with Crippen molar-refractivity contribution in [2.24, 2.45) is 0 Å². The number of nitrogens with one attached hydrogen (secondary N) is 3. The zero-order chi connectivity index (χ0) is 22.0. The Morgan fingerprint density at radius 2 is 1.74 bits per heavy atom. The van der Waals surface area contributed by atoms with Crippen molar-refractivity contribution in [3.8, 4) is 0 Å². The number of carbonyl (C=O) groups excluding carboxylic acids is 3. The Bertz CT molecular complexity index is 1180. The molecule has 3 aromatic rings. The number of halogens is 2. The number of amides is 3. The van der Waals surface area contributed by atoms with Gasteiger partial charge in [0.2, 0.25) is 11.8 Å². The van der Waals surface area contributed by atoms with Gasteiger partial charge in [0, 0.05) is 22.8 Å². The normalized spacial score (nSPS) is 14.9. The van der Waals surface area contributed by atoms with E-state index in [2.05, 4.69) is 16.0 Å². The highest BCUT2D eigenvalue weighted by Crippen LogP contribution is 2.34. The Morgan fingerprint density at radius 3 is 2.52 bits per heavy atom. The van der Waals surface area contributed by atoms with Gasteiger partial charge >= 0.3 is 0 Å². The van der Waals surface area contributed by atoms with Crippen LogP contribution in [0.1, 0.15) is 28.3 Å². The molecule has 1 heterocycles.